The number of ether oxygens (including phenoxy) is 2. The summed E-state index contributed by atoms with van der Waals surface area (Å²) in [7, 11) is 1.48. The summed E-state index contributed by atoms with van der Waals surface area (Å²) in [6.45, 7) is 7.24. The van der Waals surface area contributed by atoms with Crippen LogP contribution < -0.4 is 20.1 Å². The van der Waals surface area contributed by atoms with Gasteiger partial charge in [0.1, 0.15) is 11.5 Å². The van der Waals surface area contributed by atoms with Gasteiger partial charge < -0.3 is 25.0 Å². The van der Waals surface area contributed by atoms with Gasteiger partial charge in [-0.3, -0.25) is 9.59 Å². The number of amides is 2. The van der Waals surface area contributed by atoms with Gasteiger partial charge in [-0.15, -0.1) is 0 Å². The second-order valence-corrected chi connectivity index (χ2v) is 6.93. The van der Waals surface area contributed by atoms with Crippen LogP contribution in [0.25, 0.3) is 0 Å². The van der Waals surface area contributed by atoms with Crippen molar-refractivity contribution in [2.24, 2.45) is 0 Å². The first-order valence-corrected chi connectivity index (χ1v) is 10.2. The number of carbonyl (C=O) groups excluding carboxylic acids is 2. The van der Waals surface area contributed by atoms with E-state index < -0.39 is 0 Å². The molecule has 0 heterocycles. The van der Waals surface area contributed by atoms with Crippen LogP contribution in [0.15, 0.2) is 42.5 Å². The molecule has 0 aliphatic carbocycles. The highest BCUT2D eigenvalue weighted by Crippen LogP contribution is 2.25. The quantitative estimate of drug-likeness (QED) is 0.567. The summed E-state index contributed by atoms with van der Waals surface area (Å²) in [5, 5.41) is 6.22. The Kier molecular flexibility index (Phi) is 9.44. The van der Waals surface area contributed by atoms with E-state index in [1.165, 1.54) is 7.11 Å². The molecule has 0 atom stereocenters. The number of rotatable bonds is 11. The largest absolute Gasteiger partial charge is 0.495 e. The summed E-state index contributed by atoms with van der Waals surface area (Å²) in [5.41, 5.74) is 0.920. The summed E-state index contributed by atoms with van der Waals surface area (Å²) in [6.07, 6.45) is 0. The van der Waals surface area contributed by atoms with Crippen LogP contribution in [-0.4, -0.2) is 56.6 Å². The van der Waals surface area contributed by atoms with Crippen LogP contribution in [0.4, 0.5) is 5.69 Å². The highest BCUT2D eigenvalue weighted by atomic mass is 35.5. The van der Waals surface area contributed by atoms with Crippen LogP contribution >= 0.6 is 11.6 Å². The molecule has 0 aliphatic heterocycles. The SMILES string of the molecule is CCN(CC)CCNC(=O)c1ccc(NC(=O)COc2ccc(Cl)cc2)c(OC)c1. The number of likely N-dealkylation sites (N-methyl/N-ethyl adjacent to an activating group) is 1. The predicted octanol–water partition coefficient (Wildman–Crippen LogP) is 3.44. The Balaban J connectivity index is 1.91. The van der Waals surface area contributed by atoms with Gasteiger partial charge in [-0.1, -0.05) is 25.4 Å². The van der Waals surface area contributed by atoms with Crippen LogP contribution in [-0.2, 0) is 4.79 Å². The van der Waals surface area contributed by atoms with Gasteiger partial charge in [0.15, 0.2) is 6.61 Å². The number of methoxy groups -OCH3 is 1. The van der Waals surface area contributed by atoms with E-state index in [0.717, 1.165) is 19.6 Å². The third-order valence-corrected chi connectivity index (χ3v) is 4.78. The normalized spacial score (nSPS) is 10.6. The number of benzene rings is 2. The Bertz CT molecular complexity index is 839. The van der Waals surface area contributed by atoms with Crippen LogP contribution in [0.2, 0.25) is 5.02 Å². The molecule has 0 bridgehead atoms. The maximum atomic E-state index is 12.4. The lowest BCUT2D eigenvalue weighted by Gasteiger charge is -2.18. The van der Waals surface area contributed by atoms with Crippen LogP contribution in [0, 0.1) is 0 Å². The van der Waals surface area contributed by atoms with Crippen molar-refractivity contribution in [2.45, 2.75) is 13.8 Å². The molecule has 2 rings (SSSR count). The van der Waals surface area contributed by atoms with Gasteiger partial charge in [0.2, 0.25) is 0 Å². The minimum absolute atomic E-state index is 0.168. The lowest BCUT2D eigenvalue weighted by molar-refractivity contribution is -0.118. The summed E-state index contributed by atoms with van der Waals surface area (Å²) >= 11 is 5.83. The molecule has 0 fully saturated rings. The second-order valence-electron chi connectivity index (χ2n) is 6.49. The van der Waals surface area contributed by atoms with Gasteiger partial charge in [-0.25, -0.2) is 0 Å². The second kappa shape index (κ2) is 12.0. The molecule has 0 radical (unpaired) electrons. The maximum absolute atomic E-state index is 12.4. The van der Waals surface area contributed by atoms with Gasteiger partial charge in [-0.2, -0.15) is 0 Å². The van der Waals surface area contributed by atoms with Crippen molar-refractivity contribution in [3.8, 4) is 11.5 Å². The van der Waals surface area contributed by atoms with Crippen molar-refractivity contribution in [3.63, 3.8) is 0 Å². The molecule has 0 spiro atoms. The number of carbonyl (C=O) groups is 2. The molecule has 7 nitrogen and oxygen atoms in total. The van der Waals surface area contributed by atoms with E-state index >= 15 is 0 Å². The average molecular weight is 434 g/mol. The molecule has 0 aliphatic rings. The van der Waals surface area contributed by atoms with E-state index in [2.05, 4.69) is 29.4 Å². The zero-order valence-electron chi connectivity index (χ0n) is 17.5. The molecule has 162 valence electrons. The minimum Gasteiger partial charge on any atom is -0.495 e. The fourth-order valence-corrected chi connectivity index (χ4v) is 2.90. The molecular formula is C22H28ClN3O4. The van der Waals surface area contributed by atoms with E-state index in [4.69, 9.17) is 21.1 Å². The zero-order valence-corrected chi connectivity index (χ0v) is 18.3. The molecule has 2 N–H and O–H groups in total. The Morgan fingerprint density at radius 3 is 2.40 bits per heavy atom. The Morgan fingerprint density at radius 2 is 1.77 bits per heavy atom. The van der Waals surface area contributed by atoms with E-state index in [9.17, 15) is 9.59 Å². The molecule has 2 amide bonds. The van der Waals surface area contributed by atoms with Gasteiger partial charge in [0.25, 0.3) is 11.8 Å². The first kappa shape index (κ1) is 23.5. The molecule has 0 unspecified atom stereocenters. The van der Waals surface area contributed by atoms with Crippen LogP contribution in [0.5, 0.6) is 11.5 Å². The Morgan fingerprint density at radius 1 is 1.07 bits per heavy atom. The van der Waals surface area contributed by atoms with Gasteiger partial charge in [-0.05, 0) is 55.6 Å². The predicted molar refractivity (Wildman–Crippen MR) is 119 cm³/mol. The van der Waals surface area contributed by atoms with Crippen LogP contribution in [0.1, 0.15) is 24.2 Å². The smallest absolute Gasteiger partial charge is 0.262 e. The van der Waals surface area contributed by atoms with Crippen molar-refractivity contribution in [1.82, 2.24) is 10.2 Å². The first-order valence-electron chi connectivity index (χ1n) is 9.83. The highest BCUT2D eigenvalue weighted by molar-refractivity contribution is 6.30. The lowest BCUT2D eigenvalue weighted by atomic mass is 10.1. The molecular weight excluding hydrogens is 406 g/mol. The van der Waals surface area contributed by atoms with Crippen molar-refractivity contribution in [3.05, 3.63) is 53.1 Å². The topological polar surface area (TPSA) is 79.9 Å². The van der Waals surface area contributed by atoms with Crippen molar-refractivity contribution in [2.75, 3.05) is 45.2 Å². The van der Waals surface area contributed by atoms with Crippen LogP contribution in [0.3, 0.4) is 0 Å². The molecule has 0 aromatic heterocycles. The Labute approximate surface area is 182 Å². The molecule has 8 heteroatoms. The number of nitrogens with zero attached hydrogens (tertiary/aromatic N) is 1. The van der Waals surface area contributed by atoms with E-state index in [-0.39, 0.29) is 18.4 Å². The third kappa shape index (κ3) is 7.24. The van der Waals surface area contributed by atoms with Crippen molar-refractivity contribution < 1.29 is 19.1 Å². The van der Waals surface area contributed by atoms with Gasteiger partial charge >= 0.3 is 0 Å². The van der Waals surface area contributed by atoms with E-state index in [1.54, 1.807) is 42.5 Å². The monoisotopic (exact) mass is 433 g/mol. The first-order chi connectivity index (χ1) is 14.5. The fraction of sp³-hybridized carbons (Fsp3) is 0.364. The maximum Gasteiger partial charge on any atom is 0.262 e. The average Bonchev–Trinajstić information content (AvgIpc) is 2.76. The summed E-state index contributed by atoms with van der Waals surface area (Å²) in [6, 6.07) is 11.6. The fourth-order valence-electron chi connectivity index (χ4n) is 2.77. The number of hydrogen-bond donors (Lipinski definition) is 2. The lowest BCUT2D eigenvalue weighted by Crippen LogP contribution is -2.34. The molecule has 30 heavy (non-hydrogen) atoms. The Hall–Kier alpha value is -2.77. The molecule has 2 aromatic rings. The van der Waals surface area contributed by atoms with Gasteiger partial charge in [0.05, 0.1) is 12.8 Å². The standard InChI is InChI=1S/C22H28ClN3O4/c1-4-26(5-2)13-12-24-22(28)16-6-11-19(20(14-16)29-3)25-21(27)15-30-18-9-7-17(23)8-10-18/h6-11,14H,4-5,12-13,15H2,1-3H3,(H,24,28)(H,25,27). The summed E-state index contributed by atoms with van der Waals surface area (Å²) in [5.74, 6) is 0.397. The summed E-state index contributed by atoms with van der Waals surface area (Å²) < 4.78 is 10.8. The third-order valence-electron chi connectivity index (χ3n) is 4.53. The highest BCUT2D eigenvalue weighted by Gasteiger charge is 2.13. The summed E-state index contributed by atoms with van der Waals surface area (Å²) in [4.78, 5) is 26.8. The van der Waals surface area contributed by atoms with Gasteiger partial charge in [0, 0.05) is 23.7 Å². The van der Waals surface area contributed by atoms with E-state index in [1.807, 2.05) is 0 Å². The number of hydrogen-bond acceptors (Lipinski definition) is 5. The molecule has 2 aromatic carbocycles. The molecule has 0 saturated carbocycles. The van der Waals surface area contributed by atoms with Crippen molar-refractivity contribution >= 4 is 29.1 Å². The zero-order chi connectivity index (χ0) is 21.9. The number of anilines is 1. The van der Waals surface area contributed by atoms with E-state index in [0.29, 0.717) is 34.3 Å². The number of nitrogens with one attached hydrogen (secondary N) is 2. The number of halogens is 1. The molecule has 0 saturated heterocycles. The minimum atomic E-state index is -0.348. The van der Waals surface area contributed by atoms with Crippen molar-refractivity contribution in [1.29, 1.82) is 0 Å².